The second kappa shape index (κ2) is 4.96. The second-order valence-electron chi connectivity index (χ2n) is 3.23. The third-order valence-corrected chi connectivity index (χ3v) is 2.99. The Kier molecular flexibility index (Phi) is 3.38. The van der Waals surface area contributed by atoms with Gasteiger partial charge >= 0.3 is 5.69 Å². The van der Waals surface area contributed by atoms with E-state index in [0.717, 1.165) is 18.1 Å². The average molecular weight is 266 g/mol. The van der Waals surface area contributed by atoms with E-state index in [2.05, 4.69) is 9.97 Å². The zero-order valence-electron chi connectivity index (χ0n) is 8.91. The molecule has 2 aromatic rings. The molecule has 0 aliphatic heterocycles. The summed E-state index contributed by atoms with van der Waals surface area (Å²) in [7, 11) is 0. The molecule has 0 aliphatic rings. The van der Waals surface area contributed by atoms with E-state index in [9.17, 15) is 14.5 Å². The molecule has 1 heterocycles. The maximum absolute atomic E-state index is 13.0. The Morgan fingerprint density at radius 2 is 2.17 bits per heavy atom. The van der Waals surface area contributed by atoms with E-state index in [0.29, 0.717) is 4.90 Å². The van der Waals surface area contributed by atoms with Crippen LogP contribution in [-0.2, 0) is 0 Å². The van der Waals surface area contributed by atoms with E-state index < -0.39 is 10.7 Å². The van der Waals surface area contributed by atoms with Crippen molar-refractivity contribution in [2.24, 2.45) is 0 Å². The molecule has 0 amide bonds. The smallest absolute Gasteiger partial charge is 0.343 e. The summed E-state index contributed by atoms with van der Waals surface area (Å²) < 4.78 is 13.0. The molecule has 18 heavy (non-hydrogen) atoms. The van der Waals surface area contributed by atoms with Crippen molar-refractivity contribution in [1.82, 2.24) is 9.97 Å². The van der Waals surface area contributed by atoms with Crippen molar-refractivity contribution in [3.05, 3.63) is 46.5 Å². The maximum Gasteiger partial charge on any atom is 0.343 e. The number of anilines is 1. The van der Waals surface area contributed by atoms with Gasteiger partial charge in [-0.1, -0.05) is 17.8 Å². The number of nitrogens with two attached hydrogens (primary N) is 1. The first kappa shape index (κ1) is 12.2. The Bertz CT molecular complexity index is 608. The van der Waals surface area contributed by atoms with E-state index in [1.807, 2.05) is 0 Å². The van der Waals surface area contributed by atoms with Gasteiger partial charge in [-0.2, -0.15) is 0 Å². The molecule has 0 bridgehead atoms. The van der Waals surface area contributed by atoms with Gasteiger partial charge in [0.1, 0.15) is 12.1 Å². The molecule has 0 atom stereocenters. The van der Waals surface area contributed by atoms with Crippen molar-refractivity contribution in [2.75, 3.05) is 5.73 Å². The maximum atomic E-state index is 13.0. The van der Waals surface area contributed by atoms with E-state index in [1.54, 1.807) is 6.07 Å². The van der Waals surface area contributed by atoms with Crippen LogP contribution in [0.3, 0.4) is 0 Å². The zero-order valence-corrected chi connectivity index (χ0v) is 9.72. The quantitative estimate of drug-likeness (QED) is 0.520. The molecule has 0 aliphatic carbocycles. The van der Waals surface area contributed by atoms with Gasteiger partial charge in [0.2, 0.25) is 5.82 Å². The van der Waals surface area contributed by atoms with Crippen LogP contribution in [0.25, 0.3) is 0 Å². The van der Waals surface area contributed by atoms with Gasteiger partial charge in [0.25, 0.3) is 0 Å². The van der Waals surface area contributed by atoms with Crippen molar-refractivity contribution in [1.29, 1.82) is 0 Å². The molecule has 92 valence electrons. The van der Waals surface area contributed by atoms with Gasteiger partial charge < -0.3 is 5.73 Å². The summed E-state index contributed by atoms with van der Waals surface area (Å²) in [5.74, 6) is -0.640. The number of benzene rings is 1. The fourth-order valence-corrected chi connectivity index (χ4v) is 2.18. The minimum absolute atomic E-state index is 0.0816. The molecule has 0 spiro atoms. The number of aromatic nitrogens is 2. The molecule has 2 N–H and O–H groups in total. The standard InChI is InChI=1S/C10H7FN4O2S/c11-6-2-1-3-7(4-6)18-10-8(15(16)17)9(12)13-5-14-10/h1-5H,(H2,12,13,14). The molecule has 8 heteroatoms. The van der Waals surface area contributed by atoms with Crippen molar-refractivity contribution in [3.63, 3.8) is 0 Å². The van der Waals surface area contributed by atoms with Crippen LogP contribution in [0.5, 0.6) is 0 Å². The number of nitrogen functional groups attached to an aromatic ring is 1. The second-order valence-corrected chi connectivity index (χ2v) is 4.29. The lowest BCUT2D eigenvalue weighted by atomic mass is 10.4. The Labute approximate surface area is 105 Å². The number of nitro groups is 1. The van der Waals surface area contributed by atoms with Crippen LogP contribution >= 0.6 is 11.8 Å². The van der Waals surface area contributed by atoms with E-state index >= 15 is 0 Å². The molecule has 1 aromatic carbocycles. The molecule has 0 fully saturated rings. The fourth-order valence-electron chi connectivity index (χ4n) is 1.26. The Hall–Kier alpha value is -2.22. The van der Waals surface area contributed by atoms with E-state index in [4.69, 9.17) is 5.73 Å². The summed E-state index contributed by atoms with van der Waals surface area (Å²) >= 11 is 0.958. The van der Waals surface area contributed by atoms with Gasteiger partial charge in [-0.3, -0.25) is 10.1 Å². The summed E-state index contributed by atoms with van der Waals surface area (Å²) in [5, 5.41) is 10.9. The summed E-state index contributed by atoms with van der Waals surface area (Å²) in [4.78, 5) is 18.0. The minimum Gasteiger partial charge on any atom is -0.378 e. The number of nitrogens with zero attached hydrogens (tertiary/aromatic N) is 3. The van der Waals surface area contributed by atoms with Crippen LogP contribution in [0.1, 0.15) is 0 Å². The van der Waals surface area contributed by atoms with Crippen LogP contribution in [0.4, 0.5) is 15.9 Å². The average Bonchev–Trinajstić information content (AvgIpc) is 2.28. The van der Waals surface area contributed by atoms with Crippen molar-refractivity contribution < 1.29 is 9.31 Å². The van der Waals surface area contributed by atoms with Gasteiger partial charge in [0.15, 0.2) is 5.03 Å². The Balaban J connectivity index is 2.40. The van der Waals surface area contributed by atoms with Crippen LogP contribution < -0.4 is 5.73 Å². The normalized spacial score (nSPS) is 10.3. The lowest BCUT2D eigenvalue weighted by Gasteiger charge is -2.03. The summed E-state index contributed by atoms with van der Waals surface area (Å²) in [5.41, 5.74) is 5.06. The van der Waals surface area contributed by atoms with Gasteiger partial charge in [0, 0.05) is 4.90 Å². The molecule has 1 aromatic heterocycles. The third-order valence-electron chi connectivity index (χ3n) is 2.01. The summed E-state index contributed by atoms with van der Waals surface area (Å²) in [6.07, 6.45) is 1.13. The first-order valence-electron chi connectivity index (χ1n) is 4.76. The van der Waals surface area contributed by atoms with Crippen molar-refractivity contribution >= 4 is 23.3 Å². The molecule has 0 saturated carbocycles. The van der Waals surface area contributed by atoms with Crippen LogP contribution in [0.2, 0.25) is 0 Å². The monoisotopic (exact) mass is 266 g/mol. The fraction of sp³-hybridized carbons (Fsp3) is 0. The Morgan fingerprint density at radius 3 is 2.83 bits per heavy atom. The van der Waals surface area contributed by atoms with Crippen LogP contribution in [0.15, 0.2) is 40.5 Å². The molecule has 0 unspecified atom stereocenters. The third kappa shape index (κ3) is 2.54. The highest BCUT2D eigenvalue weighted by Crippen LogP contribution is 2.35. The number of hydrogen-bond donors (Lipinski definition) is 1. The van der Waals surface area contributed by atoms with Crippen LogP contribution in [-0.4, -0.2) is 14.9 Å². The number of rotatable bonds is 3. The molecular formula is C10H7FN4O2S. The van der Waals surface area contributed by atoms with Gasteiger partial charge in [-0.25, -0.2) is 14.4 Å². The first-order valence-corrected chi connectivity index (χ1v) is 5.58. The Morgan fingerprint density at radius 1 is 1.39 bits per heavy atom. The highest BCUT2D eigenvalue weighted by atomic mass is 32.2. The molecule has 6 nitrogen and oxygen atoms in total. The van der Waals surface area contributed by atoms with Crippen molar-refractivity contribution in [2.45, 2.75) is 9.92 Å². The minimum atomic E-state index is -0.656. The number of hydrogen-bond acceptors (Lipinski definition) is 6. The van der Waals surface area contributed by atoms with E-state index in [-0.39, 0.29) is 16.5 Å². The topological polar surface area (TPSA) is 94.9 Å². The van der Waals surface area contributed by atoms with E-state index in [1.165, 1.54) is 18.2 Å². The zero-order chi connectivity index (χ0) is 13.1. The first-order chi connectivity index (χ1) is 8.58. The lowest BCUT2D eigenvalue weighted by Crippen LogP contribution is -2.01. The highest BCUT2D eigenvalue weighted by Gasteiger charge is 2.21. The predicted octanol–water partition coefficient (Wildman–Crippen LogP) is 2.26. The van der Waals surface area contributed by atoms with Crippen LogP contribution in [0, 0.1) is 15.9 Å². The van der Waals surface area contributed by atoms with Gasteiger partial charge in [0.05, 0.1) is 4.92 Å². The van der Waals surface area contributed by atoms with Gasteiger partial charge in [-0.15, -0.1) is 0 Å². The highest BCUT2D eigenvalue weighted by molar-refractivity contribution is 7.99. The summed E-state index contributed by atoms with van der Waals surface area (Å²) in [6.45, 7) is 0. The lowest BCUT2D eigenvalue weighted by molar-refractivity contribution is -0.387. The SMILES string of the molecule is Nc1ncnc(Sc2cccc(F)c2)c1[N+](=O)[O-]. The predicted molar refractivity (Wildman–Crippen MR) is 63.6 cm³/mol. The molecule has 0 saturated heterocycles. The summed E-state index contributed by atoms with van der Waals surface area (Å²) in [6, 6.07) is 5.67. The van der Waals surface area contributed by atoms with Gasteiger partial charge in [-0.05, 0) is 18.2 Å². The molecule has 0 radical (unpaired) electrons. The molecule has 2 rings (SSSR count). The molecular weight excluding hydrogens is 259 g/mol. The number of halogens is 1. The van der Waals surface area contributed by atoms with Crippen molar-refractivity contribution in [3.8, 4) is 0 Å². The largest absolute Gasteiger partial charge is 0.378 e.